The van der Waals surface area contributed by atoms with Crippen molar-refractivity contribution in [1.82, 2.24) is 5.32 Å². The first-order valence-electron chi connectivity index (χ1n) is 22.1. The molecular formula is C44H83NO8. The largest absolute Gasteiger partial charge is 0.394 e. The molecule has 1 aliphatic rings. The van der Waals surface area contributed by atoms with Gasteiger partial charge in [-0.2, -0.15) is 0 Å². The zero-order chi connectivity index (χ0) is 38.8. The minimum atomic E-state index is -1.57. The second-order valence-corrected chi connectivity index (χ2v) is 15.5. The highest BCUT2D eigenvalue weighted by Crippen LogP contribution is 2.22. The van der Waals surface area contributed by atoms with Gasteiger partial charge in [0.1, 0.15) is 24.4 Å². The van der Waals surface area contributed by atoms with Crippen LogP contribution in [-0.4, -0.2) is 87.5 Å². The van der Waals surface area contributed by atoms with Crippen LogP contribution in [0.3, 0.4) is 0 Å². The van der Waals surface area contributed by atoms with Crippen LogP contribution in [0.4, 0.5) is 0 Å². The molecule has 1 aliphatic heterocycles. The van der Waals surface area contributed by atoms with Crippen LogP contribution < -0.4 is 5.32 Å². The molecule has 6 N–H and O–H groups in total. The van der Waals surface area contributed by atoms with E-state index in [2.05, 4.69) is 31.3 Å². The third kappa shape index (κ3) is 26.2. The average Bonchev–Trinajstić information content (AvgIpc) is 3.16. The van der Waals surface area contributed by atoms with Crippen molar-refractivity contribution in [3.63, 3.8) is 0 Å². The van der Waals surface area contributed by atoms with E-state index >= 15 is 0 Å². The van der Waals surface area contributed by atoms with Gasteiger partial charge in [0.15, 0.2) is 6.29 Å². The SMILES string of the molecule is CCCCCC/C=C/CC/C=C/[C@@H](O)[C@H](CO[C@H]1O[C@@H](CO)[C@H](O)C(O)C1O)NC(=O)CCCCCCCCCCCCCCCCCCCCCC. The number of allylic oxidation sites excluding steroid dienone is 3. The number of amides is 1. The summed E-state index contributed by atoms with van der Waals surface area (Å²) in [5.74, 6) is -0.187. The molecule has 0 aliphatic carbocycles. The van der Waals surface area contributed by atoms with Crippen LogP contribution in [0.15, 0.2) is 24.3 Å². The molecule has 0 spiro atoms. The summed E-state index contributed by atoms with van der Waals surface area (Å²) in [5, 5.41) is 54.0. The summed E-state index contributed by atoms with van der Waals surface area (Å²) in [6.45, 7) is 3.72. The van der Waals surface area contributed by atoms with Crippen molar-refractivity contribution in [3.8, 4) is 0 Å². The molecule has 1 heterocycles. The van der Waals surface area contributed by atoms with Gasteiger partial charge >= 0.3 is 0 Å². The van der Waals surface area contributed by atoms with Gasteiger partial charge in [-0.15, -0.1) is 0 Å². The summed E-state index contributed by atoms with van der Waals surface area (Å²) in [7, 11) is 0. The molecule has 53 heavy (non-hydrogen) atoms. The third-order valence-electron chi connectivity index (χ3n) is 10.5. The average molecular weight is 754 g/mol. The van der Waals surface area contributed by atoms with Crippen LogP contribution in [0.25, 0.3) is 0 Å². The number of nitrogens with one attached hydrogen (secondary N) is 1. The molecule has 0 aromatic carbocycles. The summed E-state index contributed by atoms with van der Waals surface area (Å²) in [4.78, 5) is 12.9. The predicted octanol–water partition coefficient (Wildman–Crippen LogP) is 8.72. The Morgan fingerprint density at radius 2 is 1.08 bits per heavy atom. The Morgan fingerprint density at radius 3 is 1.58 bits per heavy atom. The quantitative estimate of drug-likeness (QED) is 0.0275. The van der Waals surface area contributed by atoms with Gasteiger partial charge in [-0.1, -0.05) is 179 Å². The molecule has 0 bridgehead atoms. The number of unbranched alkanes of at least 4 members (excludes halogenated alkanes) is 24. The van der Waals surface area contributed by atoms with Crippen LogP contribution in [0, 0.1) is 0 Å². The van der Waals surface area contributed by atoms with Gasteiger partial charge in [-0.25, -0.2) is 0 Å². The van der Waals surface area contributed by atoms with Crippen molar-refractivity contribution < 1.29 is 39.8 Å². The number of hydrogen-bond donors (Lipinski definition) is 6. The maximum absolute atomic E-state index is 12.9. The van der Waals surface area contributed by atoms with Crippen LogP contribution in [0.2, 0.25) is 0 Å². The first kappa shape index (κ1) is 49.7. The highest BCUT2D eigenvalue weighted by Gasteiger charge is 2.44. The monoisotopic (exact) mass is 754 g/mol. The Bertz CT molecular complexity index is 883. The van der Waals surface area contributed by atoms with Crippen molar-refractivity contribution >= 4 is 5.91 Å². The number of ether oxygens (including phenoxy) is 2. The fourth-order valence-electron chi connectivity index (χ4n) is 6.94. The van der Waals surface area contributed by atoms with Crippen molar-refractivity contribution in [1.29, 1.82) is 0 Å². The third-order valence-corrected chi connectivity index (χ3v) is 10.5. The van der Waals surface area contributed by atoms with E-state index in [9.17, 15) is 30.3 Å². The maximum atomic E-state index is 12.9. The van der Waals surface area contributed by atoms with E-state index in [1.807, 2.05) is 6.08 Å². The number of carbonyl (C=O) groups excluding carboxylic acids is 1. The molecule has 7 atom stereocenters. The van der Waals surface area contributed by atoms with Crippen molar-refractivity contribution in [2.24, 2.45) is 0 Å². The van der Waals surface area contributed by atoms with Crippen LogP contribution in [0.1, 0.15) is 194 Å². The number of carbonyl (C=O) groups is 1. The predicted molar refractivity (Wildman–Crippen MR) is 217 cm³/mol. The second kappa shape index (κ2) is 35.1. The summed E-state index contributed by atoms with van der Waals surface area (Å²) in [5.41, 5.74) is 0. The zero-order valence-corrected chi connectivity index (χ0v) is 34.0. The molecule has 1 saturated heterocycles. The Hall–Kier alpha value is -1.33. The zero-order valence-electron chi connectivity index (χ0n) is 34.0. The molecule has 2 unspecified atom stereocenters. The molecule has 9 nitrogen and oxygen atoms in total. The first-order chi connectivity index (χ1) is 25.8. The molecule has 0 aromatic heterocycles. The first-order valence-corrected chi connectivity index (χ1v) is 22.1. The summed E-state index contributed by atoms with van der Waals surface area (Å²) >= 11 is 0. The molecule has 1 amide bonds. The van der Waals surface area contributed by atoms with Gasteiger partial charge in [0.05, 0.1) is 25.4 Å². The summed E-state index contributed by atoms with van der Waals surface area (Å²) < 4.78 is 11.2. The highest BCUT2D eigenvalue weighted by atomic mass is 16.7. The molecule has 9 heteroatoms. The molecule has 1 fully saturated rings. The number of rotatable bonds is 36. The lowest BCUT2D eigenvalue weighted by Crippen LogP contribution is -2.60. The summed E-state index contributed by atoms with van der Waals surface area (Å²) in [6, 6.07) is -0.815. The van der Waals surface area contributed by atoms with E-state index in [-0.39, 0.29) is 12.5 Å². The lowest BCUT2D eigenvalue weighted by atomic mass is 9.99. The normalized spacial score (nSPS) is 21.8. The number of aliphatic hydroxyl groups is 5. The van der Waals surface area contributed by atoms with Gasteiger partial charge in [-0.3, -0.25) is 4.79 Å². The maximum Gasteiger partial charge on any atom is 0.220 e. The van der Waals surface area contributed by atoms with E-state index in [0.717, 1.165) is 38.5 Å². The molecule has 0 saturated carbocycles. The van der Waals surface area contributed by atoms with Crippen LogP contribution in [-0.2, 0) is 14.3 Å². The van der Waals surface area contributed by atoms with E-state index in [4.69, 9.17) is 9.47 Å². The Balaban J connectivity index is 2.31. The fourth-order valence-corrected chi connectivity index (χ4v) is 6.94. The smallest absolute Gasteiger partial charge is 0.220 e. The van der Waals surface area contributed by atoms with Gasteiger partial charge in [0, 0.05) is 6.42 Å². The second-order valence-electron chi connectivity index (χ2n) is 15.5. The Labute approximate surface area is 324 Å². The standard InChI is InChI=1S/C44H83NO8/c1-3-5-7-9-11-13-15-16-17-18-19-20-21-22-23-24-26-28-30-32-34-40(48)45-37(36-52-44-43(51)42(50)41(49)39(35-46)53-44)38(47)33-31-29-27-25-14-12-10-8-6-4-2/h14,25,31,33,37-39,41-44,46-47,49-51H,3-13,15-24,26-30,32,34-36H2,1-2H3,(H,45,48)/b25-14+,33-31+/t37-,38+,39-,41-,42?,43?,44-/m0/s1. The molecule has 0 radical (unpaired) electrons. The van der Waals surface area contributed by atoms with Crippen LogP contribution >= 0.6 is 0 Å². The van der Waals surface area contributed by atoms with E-state index in [0.29, 0.717) is 6.42 Å². The van der Waals surface area contributed by atoms with Gasteiger partial charge in [0.2, 0.25) is 5.91 Å². The Morgan fingerprint density at radius 1 is 0.623 bits per heavy atom. The number of aliphatic hydroxyl groups excluding tert-OH is 5. The molecule has 1 rings (SSSR count). The number of hydrogen-bond acceptors (Lipinski definition) is 8. The summed E-state index contributed by atoms with van der Waals surface area (Å²) in [6.07, 6.45) is 33.8. The minimum Gasteiger partial charge on any atom is -0.394 e. The lowest BCUT2D eigenvalue weighted by Gasteiger charge is -2.40. The topological polar surface area (TPSA) is 149 Å². The fraction of sp³-hybridized carbons (Fsp3) is 0.886. The van der Waals surface area contributed by atoms with E-state index in [1.165, 1.54) is 135 Å². The minimum absolute atomic E-state index is 0.187. The van der Waals surface area contributed by atoms with E-state index < -0.39 is 49.5 Å². The van der Waals surface area contributed by atoms with Crippen molar-refractivity contribution in [2.75, 3.05) is 13.2 Å². The molecule has 0 aromatic rings. The van der Waals surface area contributed by atoms with Gasteiger partial charge < -0.3 is 40.3 Å². The lowest BCUT2D eigenvalue weighted by molar-refractivity contribution is -0.302. The molecule has 312 valence electrons. The van der Waals surface area contributed by atoms with E-state index in [1.54, 1.807) is 6.08 Å². The highest BCUT2D eigenvalue weighted by molar-refractivity contribution is 5.76. The van der Waals surface area contributed by atoms with Crippen LogP contribution in [0.5, 0.6) is 0 Å². The van der Waals surface area contributed by atoms with Gasteiger partial charge in [0.25, 0.3) is 0 Å². The molecular weight excluding hydrogens is 670 g/mol. The van der Waals surface area contributed by atoms with Crippen molar-refractivity contribution in [2.45, 2.75) is 236 Å². The van der Waals surface area contributed by atoms with Crippen molar-refractivity contribution in [3.05, 3.63) is 24.3 Å². The Kier molecular flexibility index (Phi) is 32.9. The van der Waals surface area contributed by atoms with Gasteiger partial charge in [-0.05, 0) is 32.1 Å².